The van der Waals surface area contributed by atoms with E-state index >= 15 is 0 Å². The Labute approximate surface area is 104 Å². The van der Waals surface area contributed by atoms with Crippen LogP contribution in [0.4, 0.5) is 0 Å². The third kappa shape index (κ3) is 5.77. The first-order valence-electron chi connectivity index (χ1n) is 6.02. The second-order valence-corrected chi connectivity index (χ2v) is 4.23. The van der Waals surface area contributed by atoms with Gasteiger partial charge in [0, 0.05) is 45.2 Å². The third-order valence-corrected chi connectivity index (χ3v) is 2.71. The smallest absolute Gasteiger partial charge is 0.0587 e. The molecule has 0 atom stereocenters. The van der Waals surface area contributed by atoms with Crippen LogP contribution in [0, 0.1) is 6.92 Å². The molecule has 0 spiro atoms. The average Bonchev–Trinajstić information content (AvgIpc) is 2.32. The number of rotatable bonds is 8. The summed E-state index contributed by atoms with van der Waals surface area (Å²) in [6.07, 6.45) is 1.84. The van der Waals surface area contributed by atoms with Gasteiger partial charge in [-0.3, -0.25) is 4.98 Å². The highest BCUT2D eigenvalue weighted by atomic mass is 16.5. The topological polar surface area (TPSA) is 37.4 Å². The Morgan fingerprint density at radius 1 is 1.41 bits per heavy atom. The minimum atomic E-state index is 0.769. The van der Waals surface area contributed by atoms with Gasteiger partial charge in [-0.2, -0.15) is 0 Å². The van der Waals surface area contributed by atoms with Crippen molar-refractivity contribution in [2.45, 2.75) is 13.5 Å². The number of nitrogens with one attached hydrogen (secondary N) is 1. The molecule has 17 heavy (non-hydrogen) atoms. The van der Waals surface area contributed by atoms with E-state index in [-0.39, 0.29) is 0 Å². The Kier molecular flexibility index (Phi) is 6.77. The molecule has 0 saturated carbocycles. The molecule has 0 fully saturated rings. The summed E-state index contributed by atoms with van der Waals surface area (Å²) >= 11 is 0. The summed E-state index contributed by atoms with van der Waals surface area (Å²) in [4.78, 5) is 6.59. The monoisotopic (exact) mass is 237 g/mol. The van der Waals surface area contributed by atoms with Crippen LogP contribution in [-0.4, -0.2) is 50.3 Å². The van der Waals surface area contributed by atoms with Gasteiger partial charge in [-0.25, -0.2) is 0 Å². The first-order chi connectivity index (χ1) is 8.24. The van der Waals surface area contributed by atoms with E-state index in [0.717, 1.165) is 38.5 Å². The van der Waals surface area contributed by atoms with Crippen molar-refractivity contribution < 1.29 is 4.74 Å². The fourth-order valence-corrected chi connectivity index (χ4v) is 1.62. The van der Waals surface area contributed by atoms with Gasteiger partial charge in [0.15, 0.2) is 0 Å². The van der Waals surface area contributed by atoms with Crippen LogP contribution in [0.3, 0.4) is 0 Å². The minimum absolute atomic E-state index is 0.769. The molecule has 0 aliphatic rings. The van der Waals surface area contributed by atoms with Gasteiger partial charge >= 0.3 is 0 Å². The molecule has 1 rings (SSSR count). The first kappa shape index (κ1) is 14.1. The lowest BCUT2D eigenvalue weighted by Gasteiger charge is -2.17. The SMILES string of the molecule is COCCNCCN(C)Cc1cccnc1C. The Morgan fingerprint density at radius 2 is 2.24 bits per heavy atom. The van der Waals surface area contributed by atoms with Gasteiger partial charge in [-0.15, -0.1) is 0 Å². The van der Waals surface area contributed by atoms with Gasteiger partial charge in [-0.05, 0) is 25.6 Å². The van der Waals surface area contributed by atoms with E-state index in [9.17, 15) is 0 Å². The molecular weight excluding hydrogens is 214 g/mol. The highest BCUT2D eigenvalue weighted by molar-refractivity contribution is 5.17. The minimum Gasteiger partial charge on any atom is -0.383 e. The van der Waals surface area contributed by atoms with Gasteiger partial charge < -0.3 is 15.0 Å². The maximum absolute atomic E-state index is 4.98. The van der Waals surface area contributed by atoms with Crippen LogP contribution in [-0.2, 0) is 11.3 Å². The summed E-state index contributed by atoms with van der Waals surface area (Å²) in [7, 11) is 3.85. The predicted octanol–water partition coefficient (Wildman–Crippen LogP) is 1.06. The molecule has 0 aliphatic carbocycles. The Balaban J connectivity index is 2.21. The van der Waals surface area contributed by atoms with Gasteiger partial charge in [0.25, 0.3) is 0 Å². The molecule has 0 amide bonds. The van der Waals surface area contributed by atoms with Crippen molar-refractivity contribution >= 4 is 0 Å². The molecule has 4 heteroatoms. The predicted molar refractivity (Wildman–Crippen MR) is 70.1 cm³/mol. The number of aryl methyl sites for hydroxylation is 1. The quantitative estimate of drug-likeness (QED) is 0.686. The Hall–Kier alpha value is -0.970. The van der Waals surface area contributed by atoms with Crippen molar-refractivity contribution in [3.63, 3.8) is 0 Å². The second kappa shape index (κ2) is 8.17. The number of likely N-dealkylation sites (N-methyl/N-ethyl adjacent to an activating group) is 1. The fraction of sp³-hybridized carbons (Fsp3) is 0.615. The zero-order valence-corrected chi connectivity index (χ0v) is 11.1. The number of aromatic nitrogens is 1. The zero-order valence-electron chi connectivity index (χ0n) is 11.1. The number of nitrogens with zero attached hydrogens (tertiary/aromatic N) is 2. The lowest BCUT2D eigenvalue weighted by Crippen LogP contribution is -2.30. The van der Waals surface area contributed by atoms with Gasteiger partial charge in [0.2, 0.25) is 0 Å². The van der Waals surface area contributed by atoms with Crippen LogP contribution in [0.1, 0.15) is 11.3 Å². The summed E-state index contributed by atoms with van der Waals surface area (Å²) in [6, 6.07) is 4.13. The summed E-state index contributed by atoms with van der Waals surface area (Å²) in [5.41, 5.74) is 2.42. The maximum atomic E-state index is 4.98. The molecule has 1 aromatic heterocycles. The standard InChI is InChI=1S/C13H23N3O/c1-12-13(5-4-6-15-12)11-16(2)9-7-14-8-10-17-3/h4-6,14H,7-11H2,1-3H3. The van der Waals surface area contributed by atoms with E-state index in [2.05, 4.69) is 35.2 Å². The van der Waals surface area contributed by atoms with Crippen molar-refractivity contribution in [3.8, 4) is 0 Å². The van der Waals surface area contributed by atoms with Crippen LogP contribution in [0.25, 0.3) is 0 Å². The maximum Gasteiger partial charge on any atom is 0.0587 e. The van der Waals surface area contributed by atoms with Gasteiger partial charge in [-0.1, -0.05) is 6.07 Å². The fourth-order valence-electron chi connectivity index (χ4n) is 1.62. The first-order valence-corrected chi connectivity index (χ1v) is 6.02. The van der Waals surface area contributed by atoms with Crippen molar-refractivity contribution in [2.24, 2.45) is 0 Å². The van der Waals surface area contributed by atoms with E-state index in [1.165, 1.54) is 5.56 Å². The molecule has 1 N–H and O–H groups in total. The van der Waals surface area contributed by atoms with E-state index in [1.807, 2.05) is 12.3 Å². The molecule has 0 bridgehead atoms. The second-order valence-electron chi connectivity index (χ2n) is 4.23. The number of methoxy groups -OCH3 is 1. The zero-order chi connectivity index (χ0) is 12.5. The largest absolute Gasteiger partial charge is 0.383 e. The normalized spacial score (nSPS) is 11.1. The van der Waals surface area contributed by atoms with Crippen molar-refractivity contribution in [2.75, 3.05) is 40.4 Å². The molecule has 0 aromatic carbocycles. The van der Waals surface area contributed by atoms with Crippen molar-refractivity contribution in [1.82, 2.24) is 15.2 Å². The number of hydrogen-bond donors (Lipinski definition) is 1. The number of hydrogen-bond acceptors (Lipinski definition) is 4. The molecule has 1 heterocycles. The lowest BCUT2D eigenvalue weighted by molar-refractivity contribution is 0.197. The molecule has 4 nitrogen and oxygen atoms in total. The van der Waals surface area contributed by atoms with E-state index < -0.39 is 0 Å². The molecule has 0 aliphatic heterocycles. The summed E-state index contributed by atoms with van der Waals surface area (Å²) in [6.45, 7) is 6.70. The Bertz CT molecular complexity index is 317. The van der Waals surface area contributed by atoms with Crippen LogP contribution < -0.4 is 5.32 Å². The van der Waals surface area contributed by atoms with Gasteiger partial charge in [0.05, 0.1) is 6.61 Å². The van der Waals surface area contributed by atoms with Crippen LogP contribution in [0.5, 0.6) is 0 Å². The van der Waals surface area contributed by atoms with E-state index in [1.54, 1.807) is 7.11 Å². The van der Waals surface area contributed by atoms with E-state index in [0.29, 0.717) is 0 Å². The van der Waals surface area contributed by atoms with Crippen LogP contribution in [0.15, 0.2) is 18.3 Å². The Morgan fingerprint density at radius 3 is 2.94 bits per heavy atom. The molecule has 0 unspecified atom stereocenters. The summed E-state index contributed by atoms with van der Waals surface area (Å²) in [5.74, 6) is 0. The molecule has 1 aromatic rings. The molecule has 96 valence electrons. The van der Waals surface area contributed by atoms with Crippen molar-refractivity contribution in [1.29, 1.82) is 0 Å². The van der Waals surface area contributed by atoms with E-state index in [4.69, 9.17) is 4.74 Å². The summed E-state index contributed by atoms with van der Waals surface area (Å²) in [5, 5.41) is 3.34. The number of ether oxygens (including phenoxy) is 1. The third-order valence-electron chi connectivity index (χ3n) is 2.71. The highest BCUT2D eigenvalue weighted by Gasteiger charge is 2.02. The molecule has 0 saturated heterocycles. The van der Waals surface area contributed by atoms with Crippen LogP contribution in [0.2, 0.25) is 0 Å². The van der Waals surface area contributed by atoms with Crippen LogP contribution >= 0.6 is 0 Å². The molecular formula is C13H23N3O. The number of pyridine rings is 1. The lowest BCUT2D eigenvalue weighted by atomic mass is 10.2. The molecule has 0 radical (unpaired) electrons. The highest BCUT2D eigenvalue weighted by Crippen LogP contribution is 2.05. The summed E-state index contributed by atoms with van der Waals surface area (Å²) < 4.78 is 4.98. The van der Waals surface area contributed by atoms with Gasteiger partial charge in [0.1, 0.15) is 0 Å². The average molecular weight is 237 g/mol. The van der Waals surface area contributed by atoms with Crippen molar-refractivity contribution in [3.05, 3.63) is 29.6 Å².